The number of allylic oxidation sites excluding steroid dienone is 1. The van der Waals surface area contributed by atoms with Crippen LogP contribution in [-0.4, -0.2) is 77.2 Å². The molecule has 2 aliphatic rings. The third kappa shape index (κ3) is 8.72. The Hall–Kier alpha value is -5.19. The minimum atomic E-state index is -1.02. The van der Waals surface area contributed by atoms with Gasteiger partial charge in [0.1, 0.15) is 18.4 Å². The Morgan fingerprint density at radius 2 is 1.53 bits per heavy atom. The van der Waals surface area contributed by atoms with Crippen LogP contribution in [0.3, 0.4) is 0 Å². The second kappa shape index (κ2) is 17.6. The van der Waals surface area contributed by atoms with Crippen molar-refractivity contribution in [3.63, 3.8) is 0 Å². The van der Waals surface area contributed by atoms with Crippen LogP contribution in [0.25, 0.3) is 11.1 Å². The number of carbonyl (C=O) groups excluding carboxylic acids is 5. The molecule has 1 fully saturated rings. The van der Waals surface area contributed by atoms with Gasteiger partial charge < -0.3 is 9.64 Å². The maximum atomic E-state index is 13.3. The molecule has 272 valence electrons. The topological polar surface area (TPSA) is 113 Å². The first kappa shape index (κ1) is 37.6. The Balaban J connectivity index is 1.00. The van der Waals surface area contributed by atoms with E-state index in [1.165, 1.54) is 17.3 Å². The zero-order valence-corrected chi connectivity index (χ0v) is 31.0. The molecule has 0 bridgehead atoms. The van der Waals surface area contributed by atoms with Gasteiger partial charge in [0.25, 0.3) is 11.8 Å². The van der Waals surface area contributed by atoms with Gasteiger partial charge in [-0.25, -0.2) is 0 Å². The fourth-order valence-electron chi connectivity index (χ4n) is 6.61. The molecule has 0 radical (unpaired) electrons. The molecule has 1 unspecified atom stereocenters. The van der Waals surface area contributed by atoms with E-state index < -0.39 is 29.7 Å². The van der Waals surface area contributed by atoms with Crippen LogP contribution in [0.15, 0.2) is 108 Å². The number of halogens is 1. The van der Waals surface area contributed by atoms with Gasteiger partial charge in [0, 0.05) is 30.7 Å². The lowest BCUT2D eigenvalue weighted by Crippen LogP contribution is -2.54. The Morgan fingerprint density at radius 1 is 0.849 bits per heavy atom. The summed E-state index contributed by atoms with van der Waals surface area (Å²) in [5.74, 6) is -0.404. The summed E-state index contributed by atoms with van der Waals surface area (Å²) < 4.78 is 6.03. The normalized spacial score (nSPS) is 15.9. The number of nitrogens with zero attached hydrogens (tertiary/aromatic N) is 2. The number of hydrogen-bond acceptors (Lipinski definition) is 7. The van der Waals surface area contributed by atoms with Crippen LogP contribution in [0.2, 0.25) is 0 Å². The molecule has 11 heteroatoms. The van der Waals surface area contributed by atoms with Gasteiger partial charge in [-0.1, -0.05) is 78.9 Å². The summed E-state index contributed by atoms with van der Waals surface area (Å²) in [5.41, 5.74) is 6.10. The van der Waals surface area contributed by atoms with E-state index in [0.717, 1.165) is 27.2 Å². The summed E-state index contributed by atoms with van der Waals surface area (Å²) >= 11 is 7.69. The molecule has 1 saturated heterocycles. The molecule has 2 aliphatic heterocycles. The van der Waals surface area contributed by atoms with Crippen LogP contribution < -0.4 is 10.1 Å². The molecule has 9 nitrogen and oxygen atoms in total. The number of likely N-dealkylation sites (N-methyl/N-ethyl adjacent to an activating group) is 1. The number of thioether (sulfide) groups is 1. The first-order valence-electron chi connectivity index (χ1n) is 17.6. The first-order chi connectivity index (χ1) is 25.8. The van der Waals surface area contributed by atoms with Crippen LogP contribution in [0.4, 0.5) is 0 Å². The first-order valence-corrected chi connectivity index (χ1v) is 19.1. The predicted octanol–water partition coefficient (Wildman–Crippen LogP) is 7.09. The summed E-state index contributed by atoms with van der Waals surface area (Å²) in [6.07, 6.45) is 1.75. The average Bonchev–Trinajstić information content (AvgIpc) is 3.43. The standard InChI is InChI=1S/C42H40ClN3O6S/c1-45(37(48)16-9-27-53-35-15-8-14-33-39(35)42(51)46(41(33)50)34-21-22-36(47)44-40(34)49)25-26-52-31-19-17-30(18-20-31)38(29-12-6-3-7-13-29)32(23-24-43)28-10-4-2-5-11-28/h2-8,10-15,17-20,34H,9,16,21-27H2,1H3,(H,44,47,49)/b38-32-. The largest absolute Gasteiger partial charge is 0.492 e. The van der Waals surface area contributed by atoms with Crippen molar-refractivity contribution in [3.8, 4) is 5.75 Å². The van der Waals surface area contributed by atoms with Gasteiger partial charge in [-0.15, -0.1) is 23.4 Å². The summed E-state index contributed by atoms with van der Waals surface area (Å²) in [5, 5.41) is 2.22. The van der Waals surface area contributed by atoms with Gasteiger partial charge in [-0.2, -0.15) is 0 Å². The number of alkyl halides is 1. The molecular weight excluding hydrogens is 710 g/mol. The van der Waals surface area contributed by atoms with Gasteiger partial charge in [0.15, 0.2) is 0 Å². The molecular formula is C42H40ClN3O6S. The summed E-state index contributed by atoms with van der Waals surface area (Å²) in [4.78, 5) is 66.6. The SMILES string of the molecule is CN(CCOc1ccc(/C(=C(/CCCl)c2ccccc2)c2ccccc2)cc1)C(=O)CCCSc1cccc2c1C(=O)N(C1CCC(=O)NC1=O)C2=O. The van der Waals surface area contributed by atoms with Crippen LogP contribution in [0.5, 0.6) is 5.75 Å². The van der Waals surface area contributed by atoms with E-state index in [4.69, 9.17) is 16.3 Å². The van der Waals surface area contributed by atoms with Crippen LogP contribution >= 0.6 is 23.4 Å². The number of amides is 5. The van der Waals surface area contributed by atoms with Crippen molar-refractivity contribution in [1.82, 2.24) is 15.1 Å². The van der Waals surface area contributed by atoms with Crippen LogP contribution in [0, 0.1) is 0 Å². The maximum Gasteiger partial charge on any atom is 0.263 e. The maximum absolute atomic E-state index is 13.3. The van der Waals surface area contributed by atoms with E-state index in [1.807, 2.05) is 48.5 Å². The number of fused-ring (bicyclic) bond motifs is 1. The Morgan fingerprint density at radius 3 is 2.21 bits per heavy atom. The van der Waals surface area contributed by atoms with Crippen molar-refractivity contribution < 1.29 is 28.7 Å². The summed E-state index contributed by atoms with van der Waals surface area (Å²) in [6.45, 7) is 0.741. The zero-order chi connectivity index (χ0) is 37.3. The van der Waals surface area contributed by atoms with Crippen LogP contribution in [-0.2, 0) is 14.4 Å². The quantitative estimate of drug-likeness (QED) is 0.0454. The predicted molar refractivity (Wildman–Crippen MR) is 207 cm³/mol. The molecule has 2 heterocycles. The van der Waals surface area contributed by atoms with E-state index in [2.05, 4.69) is 41.7 Å². The Kier molecular flexibility index (Phi) is 12.4. The highest BCUT2D eigenvalue weighted by Gasteiger charge is 2.45. The van der Waals surface area contributed by atoms with Crippen LogP contribution in [0.1, 0.15) is 69.5 Å². The van der Waals surface area contributed by atoms with Crippen molar-refractivity contribution in [2.45, 2.75) is 43.0 Å². The van der Waals surface area contributed by atoms with Crippen molar-refractivity contribution in [1.29, 1.82) is 0 Å². The highest BCUT2D eigenvalue weighted by atomic mass is 35.5. The molecule has 0 spiro atoms. The molecule has 1 atom stereocenters. The number of carbonyl (C=O) groups is 5. The van der Waals surface area contributed by atoms with E-state index in [9.17, 15) is 24.0 Å². The van der Waals surface area contributed by atoms with E-state index in [-0.39, 0.29) is 29.9 Å². The number of ether oxygens (including phenoxy) is 1. The minimum absolute atomic E-state index is 0.0245. The minimum Gasteiger partial charge on any atom is -0.492 e. The Bertz CT molecular complexity index is 2020. The van der Waals surface area contributed by atoms with Gasteiger partial charge in [0.2, 0.25) is 17.7 Å². The lowest BCUT2D eigenvalue weighted by atomic mass is 9.88. The molecule has 0 aromatic heterocycles. The second-order valence-corrected chi connectivity index (χ2v) is 14.3. The molecule has 6 rings (SSSR count). The number of imide groups is 2. The average molecular weight is 750 g/mol. The van der Waals surface area contributed by atoms with Crippen molar-refractivity contribution >= 4 is 64.0 Å². The molecule has 1 N–H and O–H groups in total. The fraction of sp³-hybridized carbons (Fsp3) is 0.262. The zero-order valence-electron chi connectivity index (χ0n) is 29.4. The van der Waals surface area contributed by atoms with Gasteiger partial charge >= 0.3 is 0 Å². The summed E-state index contributed by atoms with van der Waals surface area (Å²) in [6, 6.07) is 32.6. The number of benzene rings is 4. The lowest BCUT2D eigenvalue weighted by molar-refractivity contribution is -0.136. The highest BCUT2D eigenvalue weighted by molar-refractivity contribution is 7.99. The monoisotopic (exact) mass is 749 g/mol. The van der Waals surface area contributed by atoms with E-state index in [0.29, 0.717) is 54.7 Å². The molecule has 4 aromatic rings. The fourth-order valence-corrected chi connectivity index (χ4v) is 7.82. The Labute approximate surface area is 318 Å². The van der Waals surface area contributed by atoms with Crippen molar-refractivity contribution in [2.75, 3.05) is 31.8 Å². The van der Waals surface area contributed by atoms with Crippen molar-refractivity contribution in [3.05, 3.63) is 131 Å². The van der Waals surface area contributed by atoms with Gasteiger partial charge in [0.05, 0.1) is 17.7 Å². The van der Waals surface area contributed by atoms with E-state index in [1.54, 1.807) is 30.1 Å². The molecule has 0 saturated carbocycles. The van der Waals surface area contributed by atoms with Gasteiger partial charge in [-0.05, 0) is 77.1 Å². The van der Waals surface area contributed by atoms with Crippen molar-refractivity contribution in [2.24, 2.45) is 0 Å². The highest BCUT2D eigenvalue weighted by Crippen LogP contribution is 2.36. The lowest BCUT2D eigenvalue weighted by Gasteiger charge is -2.27. The second-order valence-electron chi connectivity index (χ2n) is 12.8. The molecule has 53 heavy (non-hydrogen) atoms. The third-order valence-electron chi connectivity index (χ3n) is 9.32. The van der Waals surface area contributed by atoms with E-state index >= 15 is 0 Å². The number of hydrogen-bond donors (Lipinski definition) is 1. The molecule has 0 aliphatic carbocycles. The van der Waals surface area contributed by atoms with Gasteiger partial charge in [-0.3, -0.25) is 34.2 Å². The number of piperidine rings is 1. The smallest absolute Gasteiger partial charge is 0.263 e. The molecule has 4 aromatic carbocycles. The molecule has 5 amide bonds. The number of nitrogens with one attached hydrogen (secondary N) is 1. The summed E-state index contributed by atoms with van der Waals surface area (Å²) in [7, 11) is 1.75. The third-order valence-corrected chi connectivity index (χ3v) is 10.7. The number of rotatable bonds is 15.